The number of nitrogens with zero attached hydrogens (tertiary/aromatic N) is 1. The Morgan fingerprint density at radius 1 is 1.24 bits per heavy atom. The highest BCUT2D eigenvalue weighted by Crippen LogP contribution is 2.40. The molecule has 1 N–H and O–H groups in total. The number of rotatable bonds is 5. The molecular weight excluding hydrogens is 214 g/mol. The van der Waals surface area contributed by atoms with Gasteiger partial charge >= 0.3 is 0 Å². The average Bonchev–Trinajstić information content (AvgIpc) is 2.36. The predicted molar refractivity (Wildman–Crippen MR) is 69.0 cm³/mol. The number of hydrogen-bond acceptors (Lipinski definition) is 3. The lowest BCUT2D eigenvalue weighted by atomic mass is 9.71. The Morgan fingerprint density at radius 2 is 2.18 bits per heavy atom. The first-order valence-electron chi connectivity index (χ1n) is 6.91. The van der Waals surface area contributed by atoms with Crippen LogP contribution in [0.25, 0.3) is 0 Å². The lowest BCUT2D eigenvalue weighted by molar-refractivity contribution is 0.0364. The first-order valence-corrected chi connectivity index (χ1v) is 6.91. The van der Waals surface area contributed by atoms with Crippen LogP contribution in [0.3, 0.4) is 0 Å². The molecule has 3 heteroatoms. The van der Waals surface area contributed by atoms with Gasteiger partial charge < -0.3 is 14.7 Å². The van der Waals surface area contributed by atoms with Crippen LogP contribution in [0.15, 0.2) is 12.2 Å². The zero-order valence-corrected chi connectivity index (χ0v) is 10.7. The van der Waals surface area contributed by atoms with Crippen LogP contribution in [0, 0.1) is 5.41 Å². The topological polar surface area (TPSA) is 32.7 Å². The number of aliphatic hydroxyl groups is 1. The molecule has 0 aromatic rings. The molecule has 2 aliphatic rings. The van der Waals surface area contributed by atoms with E-state index in [1.165, 1.54) is 45.2 Å². The molecule has 0 bridgehead atoms. The van der Waals surface area contributed by atoms with E-state index in [0.29, 0.717) is 12.0 Å². The lowest BCUT2D eigenvalue weighted by Crippen LogP contribution is -2.44. The molecule has 0 saturated carbocycles. The molecule has 17 heavy (non-hydrogen) atoms. The van der Waals surface area contributed by atoms with E-state index in [9.17, 15) is 0 Å². The van der Waals surface area contributed by atoms with Crippen molar-refractivity contribution in [1.82, 2.24) is 4.90 Å². The van der Waals surface area contributed by atoms with E-state index in [1.54, 1.807) is 0 Å². The zero-order valence-electron chi connectivity index (χ0n) is 10.7. The molecule has 0 amide bonds. The Morgan fingerprint density at radius 3 is 2.94 bits per heavy atom. The van der Waals surface area contributed by atoms with Crippen molar-refractivity contribution < 1.29 is 9.84 Å². The first-order chi connectivity index (χ1) is 8.35. The summed E-state index contributed by atoms with van der Waals surface area (Å²) in [6.07, 6.45) is 11.3. The van der Waals surface area contributed by atoms with E-state index in [-0.39, 0.29) is 6.61 Å². The Labute approximate surface area is 104 Å². The molecule has 1 heterocycles. The molecule has 3 nitrogen and oxygen atoms in total. The van der Waals surface area contributed by atoms with Crippen LogP contribution in [0.5, 0.6) is 0 Å². The van der Waals surface area contributed by atoms with Crippen molar-refractivity contribution in [2.45, 2.75) is 32.1 Å². The summed E-state index contributed by atoms with van der Waals surface area (Å²) in [7, 11) is 0. The minimum atomic E-state index is 0.134. The Kier molecular flexibility index (Phi) is 5.01. The van der Waals surface area contributed by atoms with Gasteiger partial charge in [0, 0.05) is 13.1 Å². The highest BCUT2D eigenvalue weighted by atomic mass is 16.5. The third-order valence-electron chi connectivity index (χ3n) is 4.09. The highest BCUT2D eigenvalue weighted by Gasteiger charge is 2.34. The molecular formula is C14H25NO2. The van der Waals surface area contributed by atoms with Gasteiger partial charge in [0.1, 0.15) is 0 Å². The largest absolute Gasteiger partial charge is 0.394 e. The summed E-state index contributed by atoms with van der Waals surface area (Å²) in [5.74, 6) is 0. The van der Waals surface area contributed by atoms with Gasteiger partial charge in [0.25, 0.3) is 0 Å². The Bertz CT molecular complexity index is 255. The summed E-state index contributed by atoms with van der Waals surface area (Å²) in [6, 6.07) is 0. The van der Waals surface area contributed by atoms with Crippen molar-refractivity contribution >= 4 is 0 Å². The Hall–Kier alpha value is -0.380. The van der Waals surface area contributed by atoms with E-state index < -0.39 is 0 Å². The van der Waals surface area contributed by atoms with Gasteiger partial charge in [-0.05, 0) is 44.1 Å². The van der Waals surface area contributed by atoms with Gasteiger partial charge in [-0.15, -0.1) is 0 Å². The van der Waals surface area contributed by atoms with Crippen molar-refractivity contribution in [3.63, 3.8) is 0 Å². The van der Waals surface area contributed by atoms with E-state index in [0.717, 1.165) is 13.2 Å². The minimum absolute atomic E-state index is 0.134. The van der Waals surface area contributed by atoms with Gasteiger partial charge in [-0.3, -0.25) is 0 Å². The number of likely N-dealkylation sites (tertiary alicyclic amines) is 1. The fourth-order valence-corrected chi connectivity index (χ4v) is 3.17. The summed E-state index contributed by atoms with van der Waals surface area (Å²) in [5, 5.41) is 8.66. The van der Waals surface area contributed by atoms with Gasteiger partial charge in [-0.1, -0.05) is 12.2 Å². The summed E-state index contributed by atoms with van der Waals surface area (Å²) < 4.78 is 5.36. The monoisotopic (exact) mass is 239 g/mol. The highest BCUT2D eigenvalue weighted by molar-refractivity contribution is 5.00. The fourth-order valence-electron chi connectivity index (χ4n) is 3.17. The van der Waals surface area contributed by atoms with Gasteiger partial charge in [0.2, 0.25) is 0 Å². The van der Waals surface area contributed by atoms with E-state index in [2.05, 4.69) is 17.1 Å². The van der Waals surface area contributed by atoms with Crippen LogP contribution in [0.2, 0.25) is 0 Å². The number of piperidine rings is 1. The molecule has 1 saturated heterocycles. The summed E-state index contributed by atoms with van der Waals surface area (Å²) in [4.78, 5) is 2.54. The minimum Gasteiger partial charge on any atom is -0.394 e. The molecule has 1 fully saturated rings. The van der Waals surface area contributed by atoms with E-state index in [1.807, 2.05) is 0 Å². The second-order valence-corrected chi connectivity index (χ2v) is 5.43. The average molecular weight is 239 g/mol. The SMILES string of the molecule is OCCOCCN1CCCC2(CC=CCC2)C1. The van der Waals surface area contributed by atoms with Crippen LogP contribution < -0.4 is 0 Å². The maximum Gasteiger partial charge on any atom is 0.0698 e. The molecule has 1 atom stereocenters. The molecule has 1 spiro atoms. The lowest BCUT2D eigenvalue weighted by Gasteiger charge is -2.44. The van der Waals surface area contributed by atoms with Crippen LogP contribution >= 0.6 is 0 Å². The number of allylic oxidation sites excluding steroid dienone is 2. The van der Waals surface area contributed by atoms with E-state index in [4.69, 9.17) is 9.84 Å². The second kappa shape index (κ2) is 6.53. The second-order valence-electron chi connectivity index (χ2n) is 5.43. The van der Waals surface area contributed by atoms with Crippen molar-refractivity contribution in [1.29, 1.82) is 0 Å². The van der Waals surface area contributed by atoms with Crippen LogP contribution in [-0.4, -0.2) is 49.5 Å². The van der Waals surface area contributed by atoms with Gasteiger partial charge in [0.15, 0.2) is 0 Å². The summed E-state index contributed by atoms with van der Waals surface area (Å²) in [5.41, 5.74) is 0.560. The van der Waals surface area contributed by atoms with E-state index >= 15 is 0 Å². The zero-order chi connectivity index (χ0) is 12.0. The normalized spacial score (nSPS) is 29.9. The molecule has 98 valence electrons. The predicted octanol–water partition coefficient (Wildman–Crippen LogP) is 1.82. The maximum absolute atomic E-state index is 8.66. The Balaban J connectivity index is 1.74. The standard InChI is InChI=1S/C14H25NO2/c16-10-12-17-11-9-15-8-4-7-14(13-15)5-2-1-3-6-14/h1-2,16H,3-13H2. The molecule has 2 rings (SSSR count). The maximum atomic E-state index is 8.66. The number of ether oxygens (including phenoxy) is 1. The van der Waals surface area contributed by atoms with Gasteiger partial charge in [-0.2, -0.15) is 0 Å². The van der Waals surface area contributed by atoms with Crippen molar-refractivity contribution in [2.24, 2.45) is 5.41 Å². The number of hydrogen-bond donors (Lipinski definition) is 1. The summed E-state index contributed by atoms with van der Waals surface area (Å²) in [6.45, 7) is 4.84. The van der Waals surface area contributed by atoms with Gasteiger partial charge in [0.05, 0.1) is 19.8 Å². The van der Waals surface area contributed by atoms with Gasteiger partial charge in [-0.25, -0.2) is 0 Å². The van der Waals surface area contributed by atoms with Crippen LogP contribution in [-0.2, 0) is 4.74 Å². The molecule has 1 aliphatic heterocycles. The molecule has 0 aromatic carbocycles. The molecule has 1 aliphatic carbocycles. The third-order valence-corrected chi connectivity index (χ3v) is 4.09. The smallest absolute Gasteiger partial charge is 0.0698 e. The van der Waals surface area contributed by atoms with Crippen LogP contribution in [0.4, 0.5) is 0 Å². The molecule has 1 unspecified atom stereocenters. The quantitative estimate of drug-likeness (QED) is 0.587. The van der Waals surface area contributed by atoms with Crippen molar-refractivity contribution in [3.05, 3.63) is 12.2 Å². The number of aliphatic hydroxyl groups excluding tert-OH is 1. The summed E-state index contributed by atoms with van der Waals surface area (Å²) >= 11 is 0. The van der Waals surface area contributed by atoms with Crippen molar-refractivity contribution in [3.8, 4) is 0 Å². The molecule has 0 radical (unpaired) electrons. The first kappa shape index (κ1) is 13.1. The van der Waals surface area contributed by atoms with Crippen molar-refractivity contribution in [2.75, 3.05) is 39.5 Å². The van der Waals surface area contributed by atoms with Crippen LogP contribution in [0.1, 0.15) is 32.1 Å². The fraction of sp³-hybridized carbons (Fsp3) is 0.857. The third kappa shape index (κ3) is 3.80. The molecule has 0 aromatic heterocycles.